The molecule has 0 amide bonds. The van der Waals surface area contributed by atoms with E-state index >= 15 is 0 Å². The van der Waals surface area contributed by atoms with E-state index in [1.165, 1.54) is 25.7 Å². The summed E-state index contributed by atoms with van der Waals surface area (Å²) in [6.45, 7) is 2.24. The molecule has 0 aromatic carbocycles. The summed E-state index contributed by atoms with van der Waals surface area (Å²) in [5, 5.41) is 1.07. The Morgan fingerprint density at radius 1 is 0.923 bits per heavy atom. The van der Waals surface area contributed by atoms with Crippen LogP contribution in [0.3, 0.4) is 0 Å². The molecule has 0 spiro atoms. The van der Waals surface area contributed by atoms with Crippen molar-refractivity contribution in [3.05, 3.63) is 24.3 Å². The number of allylic oxidation sites excluding steroid dienone is 4. The van der Waals surface area contributed by atoms with Gasteiger partial charge >= 0.3 is 0 Å². The quantitative estimate of drug-likeness (QED) is 0.325. The van der Waals surface area contributed by atoms with Crippen LogP contribution in [0.2, 0.25) is 0 Å². The minimum atomic E-state index is 1.07. The first kappa shape index (κ1) is 13.0. The number of alkyl halides is 1. The molecule has 0 saturated heterocycles. The van der Waals surface area contributed by atoms with E-state index in [2.05, 4.69) is 47.2 Å². The van der Waals surface area contributed by atoms with Crippen LogP contribution < -0.4 is 0 Å². The topological polar surface area (TPSA) is 0 Å². The van der Waals surface area contributed by atoms with Gasteiger partial charge in [0.15, 0.2) is 0 Å². The van der Waals surface area contributed by atoms with Crippen molar-refractivity contribution in [1.29, 1.82) is 0 Å². The van der Waals surface area contributed by atoms with E-state index < -0.39 is 0 Å². The minimum absolute atomic E-state index is 1.07. The summed E-state index contributed by atoms with van der Waals surface area (Å²) >= 11 is 3.39. The van der Waals surface area contributed by atoms with E-state index in [0.29, 0.717) is 0 Å². The summed E-state index contributed by atoms with van der Waals surface area (Å²) in [7, 11) is 0. The standard InChI is InChI=1S/C12H21Br/c1-2-3-4-5-6-7-8-9-10-11-12-13/h6-7,9-10H,2-5,8,11-12H2,1H3/b7-6-,10-9-. The Labute approximate surface area is 91.2 Å². The van der Waals surface area contributed by atoms with E-state index in [-0.39, 0.29) is 0 Å². The van der Waals surface area contributed by atoms with Crippen LogP contribution in [0.1, 0.15) is 45.4 Å². The van der Waals surface area contributed by atoms with Gasteiger partial charge in [-0.15, -0.1) is 0 Å². The molecule has 0 heterocycles. The Bertz CT molecular complexity index is 136. The summed E-state index contributed by atoms with van der Waals surface area (Å²) in [6, 6.07) is 0. The number of rotatable bonds is 8. The summed E-state index contributed by atoms with van der Waals surface area (Å²) in [6.07, 6.45) is 16.5. The Morgan fingerprint density at radius 3 is 2.23 bits per heavy atom. The van der Waals surface area contributed by atoms with Crippen molar-refractivity contribution in [3.8, 4) is 0 Å². The van der Waals surface area contributed by atoms with Crippen molar-refractivity contribution in [1.82, 2.24) is 0 Å². The molecule has 0 rings (SSSR count). The highest BCUT2D eigenvalue weighted by atomic mass is 79.9. The molecular weight excluding hydrogens is 224 g/mol. The van der Waals surface area contributed by atoms with Gasteiger partial charge in [-0.05, 0) is 25.7 Å². The maximum absolute atomic E-state index is 3.39. The van der Waals surface area contributed by atoms with Gasteiger partial charge in [0.05, 0.1) is 0 Å². The molecule has 0 radical (unpaired) electrons. The fourth-order valence-corrected chi connectivity index (χ4v) is 1.35. The van der Waals surface area contributed by atoms with Crippen molar-refractivity contribution in [2.45, 2.75) is 45.4 Å². The lowest BCUT2D eigenvalue weighted by atomic mass is 10.2. The molecule has 0 saturated carbocycles. The Hall–Kier alpha value is -0.0400. The van der Waals surface area contributed by atoms with Crippen LogP contribution >= 0.6 is 15.9 Å². The first-order chi connectivity index (χ1) is 6.41. The van der Waals surface area contributed by atoms with Crippen LogP contribution in [-0.2, 0) is 0 Å². The highest BCUT2D eigenvalue weighted by Crippen LogP contribution is 2.00. The zero-order valence-electron chi connectivity index (χ0n) is 8.64. The zero-order valence-corrected chi connectivity index (χ0v) is 10.2. The molecule has 0 atom stereocenters. The average Bonchev–Trinajstić information content (AvgIpc) is 2.16. The molecule has 0 aromatic rings. The molecular formula is C12H21Br. The average molecular weight is 245 g/mol. The molecule has 0 aromatic heterocycles. The van der Waals surface area contributed by atoms with Gasteiger partial charge in [-0.3, -0.25) is 0 Å². The molecule has 0 aliphatic heterocycles. The lowest BCUT2D eigenvalue weighted by Gasteiger charge is -1.90. The Kier molecular flexibility index (Phi) is 11.9. The monoisotopic (exact) mass is 244 g/mol. The smallest absolute Gasteiger partial charge is 0.00659 e. The fraction of sp³-hybridized carbons (Fsp3) is 0.667. The lowest BCUT2D eigenvalue weighted by molar-refractivity contribution is 0.728. The van der Waals surface area contributed by atoms with Gasteiger partial charge in [-0.25, -0.2) is 0 Å². The van der Waals surface area contributed by atoms with Crippen molar-refractivity contribution >= 4 is 15.9 Å². The summed E-state index contributed by atoms with van der Waals surface area (Å²) in [5.74, 6) is 0. The summed E-state index contributed by atoms with van der Waals surface area (Å²) in [5.41, 5.74) is 0. The molecule has 0 aliphatic carbocycles. The predicted octanol–water partition coefficient (Wildman–Crippen LogP) is 4.85. The number of halogens is 1. The van der Waals surface area contributed by atoms with Crippen molar-refractivity contribution < 1.29 is 0 Å². The van der Waals surface area contributed by atoms with Crippen LogP contribution in [0.15, 0.2) is 24.3 Å². The van der Waals surface area contributed by atoms with Crippen LogP contribution in [0.5, 0.6) is 0 Å². The molecule has 0 N–H and O–H groups in total. The molecule has 0 aliphatic rings. The highest BCUT2D eigenvalue weighted by Gasteiger charge is 1.80. The second-order valence-corrected chi connectivity index (χ2v) is 3.94. The normalized spacial score (nSPS) is 11.8. The minimum Gasteiger partial charge on any atom is -0.0925 e. The van der Waals surface area contributed by atoms with E-state index in [1.54, 1.807) is 0 Å². The van der Waals surface area contributed by atoms with Crippen molar-refractivity contribution in [2.75, 3.05) is 5.33 Å². The first-order valence-corrected chi connectivity index (χ1v) is 6.40. The van der Waals surface area contributed by atoms with Gasteiger partial charge in [0.1, 0.15) is 0 Å². The molecule has 0 nitrogen and oxygen atoms in total. The summed E-state index contributed by atoms with van der Waals surface area (Å²) in [4.78, 5) is 0. The van der Waals surface area contributed by atoms with Crippen LogP contribution in [-0.4, -0.2) is 5.33 Å². The van der Waals surface area contributed by atoms with Crippen molar-refractivity contribution in [2.24, 2.45) is 0 Å². The number of hydrogen-bond acceptors (Lipinski definition) is 0. The first-order valence-electron chi connectivity index (χ1n) is 5.27. The molecule has 0 unspecified atom stereocenters. The lowest BCUT2D eigenvalue weighted by Crippen LogP contribution is -1.70. The highest BCUT2D eigenvalue weighted by molar-refractivity contribution is 9.09. The molecule has 1 heteroatoms. The SMILES string of the molecule is CCCCC/C=C\C/C=C\CCBr. The third-order valence-corrected chi connectivity index (χ3v) is 2.31. The van der Waals surface area contributed by atoms with Crippen LogP contribution in [0.4, 0.5) is 0 Å². The second-order valence-electron chi connectivity index (χ2n) is 3.15. The van der Waals surface area contributed by atoms with E-state index in [0.717, 1.165) is 18.2 Å². The number of unbranched alkanes of at least 4 members (excludes halogenated alkanes) is 3. The fourth-order valence-electron chi connectivity index (χ4n) is 1.08. The molecule has 13 heavy (non-hydrogen) atoms. The molecule has 0 bridgehead atoms. The maximum atomic E-state index is 3.39. The maximum Gasteiger partial charge on any atom is 0.00659 e. The van der Waals surface area contributed by atoms with Crippen LogP contribution in [0.25, 0.3) is 0 Å². The largest absolute Gasteiger partial charge is 0.0925 e. The molecule has 76 valence electrons. The number of hydrogen-bond donors (Lipinski definition) is 0. The molecule has 0 fully saturated rings. The van der Waals surface area contributed by atoms with Gasteiger partial charge in [0.25, 0.3) is 0 Å². The Morgan fingerprint density at radius 2 is 1.62 bits per heavy atom. The van der Waals surface area contributed by atoms with E-state index in [4.69, 9.17) is 0 Å². The van der Waals surface area contributed by atoms with Gasteiger partial charge in [-0.2, -0.15) is 0 Å². The van der Waals surface area contributed by atoms with Gasteiger partial charge in [-0.1, -0.05) is 60.0 Å². The summed E-state index contributed by atoms with van der Waals surface area (Å²) < 4.78 is 0. The Balaban J connectivity index is 3.11. The third kappa shape index (κ3) is 12.0. The van der Waals surface area contributed by atoms with Crippen molar-refractivity contribution in [3.63, 3.8) is 0 Å². The van der Waals surface area contributed by atoms with Gasteiger partial charge < -0.3 is 0 Å². The second kappa shape index (κ2) is 12.0. The van der Waals surface area contributed by atoms with Crippen LogP contribution in [0, 0.1) is 0 Å². The van der Waals surface area contributed by atoms with Gasteiger partial charge in [0, 0.05) is 5.33 Å². The van der Waals surface area contributed by atoms with E-state index in [1.807, 2.05) is 0 Å². The third-order valence-electron chi connectivity index (χ3n) is 1.86. The van der Waals surface area contributed by atoms with Gasteiger partial charge in [0.2, 0.25) is 0 Å². The zero-order chi connectivity index (χ0) is 9.78. The van der Waals surface area contributed by atoms with E-state index in [9.17, 15) is 0 Å². The predicted molar refractivity (Wildman–Crippen MR) is 65.5 cm³/mol.